The molecule has 0 aliphatic rings. The van der Waals surface area contributed by atoms with Gasteiger partial charge in [-0.3, -0.25) is 0 Å². The summed E-state index contributed by atoms with van der Waals surface area (Å²) in [5.74, 6) is 0.205. The molecule has 0 heterocycles. The molecule has 1 aromatic rings. The SMILES string of the molecule is NCC(O)=Cc1ccccc1. The van der Waals surface area contributed by atoms with Crippen molar-refractivity contribution < 1.29 is 5.11 Å². The number of nitrogens with two attached hydrogens (primary N) is 1. The van der Waals surface area contributed by atoms with Crippen molar-refractivity contribution in [2.24, 2.45) is 5.73 Å². The van der Waals surface area contributed by atoms with Crippen LogP contribution in [0.3, 0.4) is 0 Å². The summed E-state index contributed by atoms with van der Waals surface area (Å²) >= 11 is 0. The molecule has 0 spiro atoms. The van der Waals surface area contributed by atoms with Crippen LogP contribution < -0.4 is 5.73 Å². The van der Waals surface area contributed by atoms with Crippen LogP contribution in [0.1, 0.15) is 5.56 Å². The van der Waals surface area contributed by atoms with E-state index in [0.29, 0.717) is 0 Å². The summed E-state index contributed by atoms with van der Waals surface area (Å²) in [6.07, 6.45) is 1.65. The van der Waals surface area contributed by atoms with E-state index in [1.165, 1.54) is 0 Å². The second-order valence-electron chi connectivity index (χ2n) is 2.25. The highest BCUT2D eigenvalue weighted by Gasteiger charge is 1.88. The highest BCUT2D eigenvalue weighted by molar-refractivity contribution is 5.50. The third-order valence-electron chi connectivity index (χ3n) is 1.34. The summed E-state index contributed by atoms with van der Waals surface area (Å²) < 4.78 is 0. The van der Waals surface area contributed by atoms with Crippen molar-refractivity contribution in [1.82, 2.24) is 0 Å². The van der Waals surface area contributed by atoms with Gasteiger partial charge in [0, 0.05) is 0 Å². The zero-order valence-electron chi connectivity index (χ0n) is 6.20. The number of aliphatic hydroxyl groups excluding tert-OH is 1. The van der Waals surface area contributed by atoms with Gasteiger partial charge in [0.25, 0.3) is 0 Å². The molecule has 2 nitrogen and oxygen atoms in total. The summed E-state index contributed by atoms with van der Waals surface area (Å²) in [5, 5.41) is 9.05. The van der Waals surface area contributed by atoms with E-state index in [1.807, 2.05) is 30.3 Å². The molecule has 0 bridgehead atoms. The molecule has 1 rings (SSSR count). The Kier molecular flexibility index (Phi) is 2.69. The lowest BCUT2D eigenvalue weighted by Crippen LogP contribution is -2.01. The summed E-state index contributed by atoms with van der Waals surface area (Å²) in [5.41, 5.74) is 6.17. The lowest BCUT2D eigenvalue weighted by Gasteiger charge is -1.94. The van der Waals surface area contributed by atoms with Crippen molar-refractivity contribution >= 4 is 6.08 Å². The maximum absolute atomic E-state index is 9.05. The smallest absolute Gasteiger partial charge is 0.106 e. The van der Waals surface area contributed by atoms with Gasteiger partial charge in [-0.1, -0.05) is 30.3 Å². The Labute approximate surface area is 66.0 Å². The van der Waals surface area contributed by atoms with Gasteiger partial charge >= 0.3 is 0 Å². The van der Waals surface area contributed by atoms with E-state index >= 15 is 0 Å². The van der Waals surface area contributed by atoms with Crippen LogP contribution in [0, 0.1) is 0 Å². The molecule has 2 heteroatoms. The molecule has 0 amide bonds. The Morgan fingerprint density at radius 1 is 1.36 bits per heavy atom. The zero-order valence-corrected chi connectivity index (χ0v) is 6.20. The normalized spacial score (nSPS) is 11.5. The first-order valence-electron chi connectivity index (χ1n) is 3.47. The second-order valence-corrected chi connectivity index (χ2v) is 2.25. The van der Waals surface area contributed by atoms with Crippen LogP contribution in [0.5, 0.6) is 0 Å². The molecule has 1 aromatic carbocycles. The quantitative estimate of drug-likeness (QED) is 0.626. The van der Waals surface area contributed by atoms with Crippen LogP contribution in [0.25, 0.3) is 6.08 Å². The molecule has 0 aliphatic heterocycles. The van der Waals surface area contributed by atoms with Gasteiger partial charge in [0.05, 0.1) is 6.54 Å². The van der Waals surface area contributed by atoms with Crippen LogP contribution in [0.15, 0.2) is 36.1 Å². The van der Waals surface area contributed by atoms with Crippen molar-refractivity contribution in [2.75, 3.05) is 6.54 Å². The summed E-state index contributed by atoms with van der Waals surface area (Å²) in [4.78, 5) is 0. The van der Waals surface area contributed by atoms with Crippen molar-refractivity contribution in [3.63, 3.8) is 0 Å². The fourth-order valence-corrected chi connectivity index (χ4v) is 0.801. The summed E-state index contributed by atoms with van der Waals surface area (Å²) in [6, 6.07) is 9.57. The van der Waals surface area contributed by atoms with E-state index in [2.05, 4.69) is 0 Å². The van der Waals surface area contributed by atoms with Crippen molar-refractivity contribution in [3.05, 3.63) is 41.7 Å². The molecule has 0 fully saturated rings. The van der Waals surface area contributed by atoms with E-state index in [9.17, 15) is 0 Å². The number of hydrogen-bond donors (Lipinski definition) is 2. The maximum Gasteiger partial charge on any atom is 0.106 e. The number of benzene rings is 1. The van der Waals surface area contributed by atoms with Gasteiger partial charge in [-0.25, -0.2) is 0 Å². The Morgan fingerprint density at radius 3 is 2.55 bits per heavy atom. The maximum atomic E-state index is 9.05. The third-order valence-corrected chi connectivity index (χ3v) is 1.34. The highest BCUT2D eigenvalue weighted by Crippen LogP contribution is 2.02. The topological polar surface area (TPSA) is 46.2 Å². The predicted octanol–water partition coefficient (Wildman–Crippen LogP) is 1.54. The van der Waals surface area contributed by atoms with Crippen LogP contribution in [0.2, 0.25) is 0 Å². The molecule has 0 radical (unpaired) electrons. The van der Waals surface area contributed by atoms with Crippen LogP contribution in [-0.4, -0.2) is 11.7 Å². The Morgan fingerprint density at radius 2 is 2.00 bits per heavy atom. The minimum Gasteiger partial charge on any atom is -0.511 e. The molecular weight excluding hydrogens is 138 g/mol. The predicted molar refractivity (Wildman–Crippen MR) is 46.1 cm³/mol. The molecule has 0 saturated heterocycles. The standard InChI is InChI=1S/C9H11NO/c10-7-9(11)6-8-4-2-1-3-5-8/h1-6,11H,7,10H2. The zero-order chi connectivity index (χ0) is 8.10. The van der Waals surface area contributed by atoms with Crippen molar-refractivity contribution in [1.29, 1.82) is 0 Å². The van der Waals surface area contributed by atoms with Gasteiger partial charge < -0.3 is 10.8 Å². The average molecular weight is 149 g/mol. The van der Waals surface area contributed by atoms with Gasteiger partial charge in [-0.05, 0) is 11.6 Å². The minimum atomic E-state index is 0.189. The highest BCUT2D eigenvalue weighted by atomic mass is 16.3. The first kappa shape index (κ1) is 7.82. The molecule has 3 N–H and O–H groups in total. The molecule has 0 unspecified atom stereocenters. The van der Waals surface area contributed by atoms with Gasteiger partial charge in [0.1, 0.15) is 5.76 Å². The third kappa shape index (κ3) is 2.43. The molecule has 58 valence electrons. The van der Waals surface area contributed by atoms with E-state index in [1.54, 1.807) is 6.08 Å². The van der Waals surface area contributed by atoms with E-state index in [0.717, 1.165) is 5.56 Å². The molecule has 0 aliphatic carbocycles. The summed E-state index contributed by atoms with van der Waals surface area (Å²) in [6.45, 7) is 0.189. The fourth-order valence-electron chi connectivity index (χ4n) is 0.801. The largest absolute Gasteiger partial charge is 0.511 e. The summed E-state index contributed by atoms with van der Waals surface area (Å²) in [7, 11) is 0. The first-order chi connectivity index (χ1) is 5.33. The van der Waals surface area contributed by atoms with Gasteiger partial charge in [0.15, 0.2) is 0 Å². The molecular formula is C9H11NO. The minimum absolute atomic E-state index is 0.189. The van der Waals surface area contributed by atoms with Crippen LogP contribution >= 0.6 is 0 Å². The van der Waals surface area contributed by atoms with Crippen LogP contribution in [-0.2, 0) is 0 Å². The van der Waals surface area contributed by atoms with Gasteiger partial charge in [-0.2, -0.15) is 0 Å². The number of hydrogen-bond acceptors (Lipinski definition) is 2. The van der Waals surface area contributed by atoms with Crippen molar-refractivity contribution in [3.8, 4) is 0 Å². The Bertz CT molecular complexity index is 241. The van der Waals surface area contributed by atoms with E-state index < -0.39 is 0 Å². The fraction of sp³-hybridized carbons (Fsp3) is 0.111. The monoisotopic (exact) mass is 149 g/mol. The average Bonchev–Trinajstić information content (AvgIpc) is 2.06. The Hall–Kier alpha value is -1.28. The molecule has 0 aromatic heterocycles. The van der Waals surface area contributed by atoms with Crippen LogP contribution in [0.4, 0.5) is 0 Å². The van der Waals surface area contributed by atoms with Gasteiger partial charge in [0.2, 0.25) is 0 Å². The Balaban J connectivity index is 2.79. The first-order valence-corrected chi connectivity index (χ1v) is 3.47. The molecule has 0 atom stereocenters. The molecule has 0 saturated carbocycles. The lowest BCUT2D eigenvalue weighted by molar-refractivity contribution is 0.409. The van der Waals surface area contributed by atoms with Crippen molar-refractivity contribution in [2.45, 2.75) is 0 Å². The van der Waals surface area contributed by atoms with Gasteiger partial charge in [-0.15, -0.1) is 0 Å². The number of aliphatic hydroxyl groups is 1. The second kappa shape index (κ2) is 3.78. The van der Waals surface area contributed by atoms with E-state index in [4.69, 9.17) is 10.8 Å². The number of rotatable bonds is 2. The lowest BCUT2D eigenvalue weighted by atomic mass is 10.2. The van der Waals surface area contributed by atoms with E-state index in [-0.39, 0.29) is 12.3 Å². The molecule has 11 heavy (non-hydrogen) atoms.